The van der Waals surface area contributed by atoms with Gasteiger partial charge in [0, 0.05) is 29.1 Å². The van der Waals surface area contributed by atoms with Gasteiger partial charge >= 0.3 is 0 Å². The minimum atomic E-state index is -0.250. The number of benzene rings is 2. The molecule has 144 valence electrons. The number of hydrogen-bond donors (Lipinski definition) is 0. The van der Waals surface area contributed by atoms with Crippen molar-refractivity contribution < 1.29 is 14.3 Å². The fourth-order valence-corrected chi connectivity index (χ4v) is 4.80. The minimum Gasteiger partial charge on any atom is -0.486 e. The number of allylic oxidation sites excluding steroid dienone is 1. The number of thioether (sulfide) groups is 1. The number of nitrogens with zero attached hydrogens (tertiary/aromatic N) is 2. The van der Waals surface area contributed by atoms with Gasteiger partial charge in [0.25, 0.3) is 5.91 Å². The quantitative estimate of drug-likeness (QED) is 0.457. The Hall–Kier alpha value is -2.51. The Labute approximate surface area is 171 Å². The van der Waals surface area contributed by atoms with Gasteiger partial charge in [-0.05, 0) is 24.0 Å². The molecule has 1 aliphatic rings. The number of ether oxygens (including phenoxy) is 2. The number of aromatic nitrogens is 1. The normalized spacial score (nSPS) is 13.7. The molecular formula is C21H20N2O3S2. The summed E-state index contributed by atoms with van der Waals surface area (Å²) in [4.78, 5) is 18.9. The molecule has 0 N–H and O–H groups in total. The number of carbonyl (C=O) groups excluding carboxylic acids is 1. The summed E-state index contributed by atoms with van der Waals surface area (Å²) in [6.07, 6.45) is 1.80. The van der Waals surface area contributed by atoms with Gasteiger partial charge in [0.05, 0.1) is 10.2 Å². The van der Waals surface area contributed by atoms with Crippen LogP contribution < -0.4 is 14.3 Å². The van der Waals surface area contributed by atoms with Crippen LogP contribution >= 0.6 is 23.1 Å². The summed E-state index contributed by atoms with van der Waals surface area (Å²) in [5, 5.41) is 0. The highest BCUT2D eigenvalue weighted by Gasteiger charge is 2.16. The van der Waals surface area contributed by atoms with E-state index in [9.17, 15) is 4.79 Å². The predicted octanol–water partition coefficient (Wildman–Crippen LogP) is 4.51. The lowest BCUT2D eigenvalue weighted by Gasteiger charge is -2.18. The Morgan fingerprint density at radius 3 is 2.82 bits per heavy atom. The van der Waals surface area contributed by atoms with Gasteiger partial charge in [0.2, 0.25) is 0 Å². The summed E-state index contributed by atoms with van der Waals surface area (Å²) in [5.41, 5.74) is 1.54. The molecule has 1 aromatic heterocycles. The second kappa shape index (κ2) is 8.24. The molecule has 0 aliphatic carbocycles. The Balaban J connectivity index is 1.80. The highest BCUT2D eigenvalue weighted by Crippen LogP contribution is 2.35. The molecule has 0 bridgehead atoms. The van der Waals surface area contributed by atoms with Crippen LogP contribution in [0.15, 0.2) is 58.9 Å². The molecule has 1 aliphatic heterocycles. The lowest BCUT2D eigenvalue weighted by Crippen LogP contribution is -2.17. The third-order valence-electron chi connectivity index (χ3n) is 4.25. The Morgan fingerprint density at radius 2 is 2.07 bits per heavy atom. The van der Waals surface area contributed by atoms with E-state index in [4.69, 9.17) is 9.47 Å². The molecule has 7 heteroatoms. The Kier molecular flexibility index (Phi) is 5.54. The van der Waals surface area contributed by atoms with E-state index in [-0.39, 0.29) is 5.91 Å². The molecule has 1 amide bonds. The zero-order valence-electron chi connectivity index (χ0n) is 15.5. The van der Waals surface area contributed by atoms with Crippen molar-refractivity contribution in [3.63, 3.8) is 0 Å². The summed E-state index contributed by atoms with van der Waals surface area (Å²) in [6.45, 7) is 7.55. The van der Waals surface area contributed by atoms with E-state index in [2.05, 4.69) is 18.5 Å². The highest BCUT2D eigenvalue weighted by molar-refractivity contribution is 7.99. The maximum atomic E-state index is 12.8. The van der Waals surface area contributed by atoms with E-state index in [1.54, 1.807) is 23.9 Å². The third kappa shape index (κ3) is 3.72. The van der Waals surface area contributed by atoms with Crippen LogP contribution in [-0.2, 0) is 6.54 Å². The summed E-state index contributed by atoms with van der Waals surface area (Å²) in [6, 6.07) is 11.5. The van der Waals surface area contributed by atoms with Crippen LogP contribution in [0, 0.1) is 0 Å². The molecule has 0 saturated carbocycles. The van der Waals surface area contributed by atoms with E-state index in [0.29, 0.717) is 30.1 Å². The van der Waals surface area contributed by atoms with E-state index < -0.39 is 0 Å². The van der Waals surface area contributed by atoms with Gasteiger partial charge in [0.15, 0.2) is 16.3 Å². The first-order chi connectivity index (χ1) is 13.7. The third-order valence-corrected chi connectivity index (χ3v) is 6.16. The zero-order valence-corrected chi connectivity index (χ0v) is 17.1. The fourth-order valence-electron chi connectivity index (χ4n) is 3.03. The van der Waals surface area contributed by atoms with Gasteiger partial charge in [0.1, 0.15) is 13.2 Å². The highest BCUT2D eigenvalue weighted by atomic mass is 32.2. The molecular weight excluding hydrogens is 392 g/mol. The summed E-state index contributed by atoms with van der Waals surface area (Å²) in [5.74, 6) is 2.16. The van der Waals surface area contributed by atoms with Crippen LogP contribution in [0.1, 0.15) is 17.3 Å². The van der Waals surface area contributed by atoms with E-state index in [0.717, 1.165) is 32.4 Å². The van der Waals surface area contributed by atoms with Crippen molar-refractivity contribution in [1.29, 1.82) is 0 Å². The van der Waals surface area contributed by atoms with E-state index in [1.165, 1.54) is 11.3 Å². The number of hydrogen-bond acceptors (Lipinski definition) is 5. The van der Waals surface area contributed by atoms with Gasteiger partial charge < -0.3 is 14.0 Å². The van der Waals surface area contributed by atoms with Crippen molar-refractivity contribution in [2.45, 2.75) is 18.4 Å². The fraction of sp³-hybridized carbons (Fsp3) is 0.238. The molecule has 28 heavy (non-hydrogen) atoms. The van der Waals surface area contributed by atoms with Crippen LogP contribution in [0.3, 0.4) is 0 Å². The van der Waals surface area contributed by atoms with Gasteiger partial charge in [-0.25, -0.2) is 0 Å². The zero-order chi connectivity index (χ0) is 19.5. The summed E-state index contributed by atoms with van der Waals surface area (Å²) in [7, 11) is 0. The number of fused-ring (bicyclic) bond motifs is 2. The Bertz CT molecular complexity index is 1110. The average Bonchev–Trinajstić information content (AvgIpc) is 3.03. The SMILES string of the molecule is C=CCn1c(=NC(=O)c2cccc(SCC)c2)sc2cc3c(cc21)OCCO3. The first-order valence-electron chi connectivity index (χ1n) is 9.05. The van der Waals surface area contributed by atoms with Crippen LogP contribution in [0.5, 0.6) is 11.5 Å². The number of carbonyl (C=O) groups is 1. The molecule has 0 unspecified atom stereocenters. The molecule has 0 spiro atoms. The molecule has 0 fully saturated rings. The van der Waals surface area contributed by atoms with Gasteiger partial charge in [-0.2, -0.15) is 4.99 Å². The van der Waals surface area contributed by atoms with E-state index >= 15 is 0 Å². The van der Waals surface area contributed by atoms with Crippen molar-refractivity contribution in [2.75, 3.05) is 19.0 Å². The van der Waals surface area contributed by atoms with Crippen molar-refractivity contribution in [2.24, 2.45) is 4.99 Å². The molecule has 3 aromatic rings. The smallest absolute Gasteiger partial charge is 0.279 e. The second-order valence-corrected chi connectivity index (χ2v) is 8.47. The molecule has 4 rings (SSSR count). The lowest BCUT2D eigenvalue weighted by atomic mass is 10.2. The van der Waals surface area contributed by atoms with Crippen molar-refractivity contribution in [1.82, 2.24) is 4.57 Å². The maximum absolute atomic E-state index is 12.8. The molecule has 2 heterocycles. The van der Waals surface area contributed by atoms with Crippen molar-refractivity contribution in [3.05, 3.63) is 59.4 Å². The summed E-state index contributed by atoms with van der Waals surface area (Å²) >= 11 is 3.17. The van der Waals surface area contributed by atoms with Gasteiger partial charge in [-0.3, -0.25) is 4.79 Å². The first kappa shape index (κ1) is 18.8. The molecule has 0 saturated heterocycles. The van der Waals surface area contributed by atoms with E-state index in [1.807, 2.05) is 34.9 Å². The average molecular weight is 413 g/mol. The molecule has 0 atom stereocenters. The topological polar surface area (TPSA) is 52.8 Å². The van der Waals surface area contributed by atoms with Crippen LogP contribution in [0.25, 0.3) is 10.2 Å². The number of rotatable bonds is 5. The molecule has 2 aromatic carbocycles. The number of thiazole rings is 1. The Morgan fingerprint density at radius 1 is 1.29 bits per heavy atom. The molecule has 0 radical (unpaired) electrons. The summed E-state index contributed by atoms with van der Waals surface area (Å²) < 4.78 is 14.4. The molecule has 5 nitrogen and oxygen atoms in total. The monoisotopic (exact) mass is 412 g/mol. The van der Waals surface area contributed by atoms with Gasteiger partial charge in [-0.1, -0.05) is 30.4 Å². The van der Waals surface area contributed by atoms with Crippen LogP contribution in [0.4, 0.5) is 0 Å². The predicted molar refractivity (Wildman–Crippen MR) is 114 cm³/mol. The standard InChI is InChI=1S/C21H20N2O3S2/c1-3-8-23-16-12-17-18(26-10-9-25-17)13-19(16)28-21(23)22-20(24)14-6-5-7-15(11-14)27-4-2/h3,5-7,11-13H,1,4,8-10H2,2H3. The second-order valence-electron chi connectivity index (χ2n) is 6.13. The first-order valence-corrected chi connectivity index (χ1v) is 10.9. The minimum absolute atomic E-state index is 0.250. The van der Waals surface area contributed by atoms with Crippen molar-refractivity contribution in [3.8, 4) is 11.5 Å². The van der Waals surface area contributed by atoms with Crippen LogP contribution in [-0.4, -0.2) is 29.4 Å². The number of amides is 1. The van der Waals surface area contributed by atoms with Crippen LogP contribution in [0.2, 0.25) is 0 Å². The van der Waals surface area contributed by atoms with Crippen molar-refractivity contribution >= 4 is 39.2 Å². The lowest BCUT2D eigenvalue weighted by molar-refractivity contribution is 0.0997. The largest absolute Gasteiger partial charge is 0.486 e. The van der Waals surface area contributed by atoms with Gasteiger partial charge in [-0.15, -0.1) is 18.3 Å². The maximum Gasteiger partial charge on any atom is 0.279 e.